The van der Waals surface area contributed by atoms with Crippen molar-refractivity contribution in [2.75, 3.05) is 13.7 Å². The van der Waals surface area contributed by atoms with E-state index >= 15 is 0 Å². The van der Waals surface area contributed by atoms with Crippen LogP contribution >= 0.6 is 11.8 Å². The molecule has 1 amide bonds. The highest BCUT2D eigenvalue weighted by atomic mass is 32.2. The molecule has 4 nitrogen and oxygen atoms in total. The van der Waals surface area contributed by atoms with Crippen LogP contribution in [0.25, 0.3) is 0 Å². The van der Waals surface area contributed by atoms with E-state index in [9.17, 15) is 13.6 Å². The van der Waals surface area contributed by atoms with E-state index in [1.165, 1.54) is 11.6 Å². The number of alkyl halides is 2. The number of hydrogen-bond acceptors (Lipinski definition) is 4. The average molecular weight is 409 g/mol. The van der Waals surface area contributed by atoms with Crippen molar-refractivity contribution in [1.29, 1.82) is 0 Å². The molecule has 7 heteroatoms. The third-order valence-electron chi connectivity index (χ3n) is 4.01. The molecular formula is C21H25F2NO3S. The van der Waals surface area contributed by atoms with Crippen LogP contribution in [0.3, 0.4) is 0 Å². The van der Waals surface area contributed by atoms with Crippen LogP contribution in [0.15, 0.2) is 48.5 Å². The zero-order valence-electron chi connectivity index (χ0n) is 16.2. The van der Waals surface area contributed by atoms with Crippen LogP contribution in [0.5, 0.6) is 11.5 Å². The molecule has 1 atom stereocenters. The van der Waals surface area contributed by atoms with E-state index < -0.39 is 6.61 Å². The van der Waals surface area contributed by atoms with Crippen LogP contribution in [0, 0.1) is 0 Å². The Kier molecular flexibility index (Phi) is 8.57. The first kappa shape index (κ1) is 22.0. The Balaban J connectivity index is 1.97. The van der Waals surface area contributed by atoms with E-state index in [0.717, 1.165) is 11.3 Å². The van der Waals surface area contributed by atoms with Crippen LogP contribution in [-0.4, -0.2) is 36.3 Å². The molecule has 0 radical (unpaired) electrons. The lowest BCUT2D eigenvalue weighted by atomic mass is 10.2. The number of ether oxygens (including phenoxy) is 2. The zero-order valence-corrected chi connectivity index (χ0v) is 17.0. The quantitative estimate of drug-likeness (QED) is 0.556. The molecule has 0 N–H and O–H groups in total. The number of halogens is 2. The lowest BCUT2D eigenvalue weighted by Crippen LogP contribution is -2.32. The van der Waals surface area contributed by atoms with Crippen molar-refractivity contribution in [3.63, 3.8) is 0 Å². The fraction of sp³-hybridized carbons (Fsp3) is 0.381. The summed E-state index contributed by atoms with van der Waals surface area (Å²) in [5.74, 6) is 0.997. The highest BCUT2D eigenvalue weighted by Crippen LogP contribution is 2.30. The average Bonchev–Trinajstić information content (AvgIpc) is 2.68. The molecular weight excluding hydrogens is 384 g/mol. The summed E-state index contributed by atoms with van der Waals surface area (Å²) in [7, 11) is 1.73. The number of carbonyl (C=O) groups is 1. The molecule has 0 aromatic heterocycles. The molecule has 1 unspecified atom stereocenters. The van der Waals surface area contributed by atoms with Crippen molar-refractivity contribution in [3.8, 4) is 11.5 Å². The van der Waals surface area contributed by atoms with Gasteiger partial charge in [0.05, 0.1) is 11.9 Å². The van der Waals surface area contributed by atoms with Crippen molar-refractivity contribution < 1.29 is 23.0 Å². The van der Waals surface area contributed by atoms with Gasteiger partial charge in [-0.25, -0.2) is 0 Å². The Morgan fingerprint density at radius 3 is 2.46 bits per heavy atom. The summed E-state index contributed by atoms with van der Waals surface area (Å²) in [4.78, 5) is 14.3. The van der Waals surface area contributed by atoms with Gasteiger partial charge in [-0.05, 0) is 37.1 Å². The zero-order chi connectivity index (χ0) is 20.5. The predicted octanol–water partition coefficient (Wildman–Crippen LogP) is 4.97. The summed E-state index contributed by atoms with van der Waals surface area (Å²) in [5.41, 5.74) is 1.95. The maximum absolute atomic E-state index is 12.6. The smallest absolute Gasteiger partial charge is 0.387 e. The Morgan fingerprint density at radius 2 is 1.82 bits per heavy atom. The van der Waals surface area contributed by atoms with E-state index in [-0.39, 0.29) is 22.7 Å². The summed E-state index contributed by atoms with van der Waals surface area (Å²) < 4.78 is 34.9. The number of benzene rings is 2. The van der Waals surface area contributed by atoms with Gasteiger partial charge < -0.3 is 14.4 Å². The monoisotopic (exact) mass is 409 g/mol. The van der Waals surface area contributed by atoms with Crippen LogP contribution in [0.1, 0.15) is 25.0 Å². The number of amides is 1. The topological polar surface area (TPSA) is 38.8 Å². The molecule has 0 aliphatic rings. The molecule has 2 rings (SSSR count). The summed E-state index contributed by atoms with van der Waals surface area (Å²) in [6.07, 6.45) is 0. The first-order valence-electron chi connectivity index (χ1n) is 9.01. The normalized spacial score (nSPS) is 11.9. The van der Waals surface area contributed by atoms with Crippen LogP contribution in [0.2, 0.25) is 0 Å². The highest BCUT2D eigenvalue weighted by molar-refractivity contribution is 7.99. The molecule has 0 aliphatic heterocycles. The first-order valence-corrected chi connectivity index (χ1v) is 10.1. The molecule has 152 valence electrons. The Bertz CT molecular complexity index is 759. The lowest BCUT2D eigenvalue weighted by Gasteiger charge is -2.22. The van der Waals surface area contributed by atoms with E-state index in [2.05, 4.69) is 4.74 Å². The first-order chi connectivity index (χ1) is 13.4. The minimum Gasteiger partial charge on any atom is -0.490 e. The van der Waals surface area contributed by atoms with Crippen LogP contribution in [-0.2, 0) is 17.1 Å². The standard InChI is InChI=1S/C21H25F2NO3S/c1-4-26-19-12-17(10-11-18(19)27-21(22)23)13-24(3)20(25)15(2)28-14-16-8-6-5-7-9-16/h5-12,15,21H,4,13-14H2,1-3H3. The molecule has 2 aromatic carbocycles. The second-order valence-corrected chi connectivity index (χ2v) is 7.55. The molecule has 0 fully saturated rings. The molecule has 0 heterocycles. The number of rotatable bonds is 10. The van der Waals surface area contributed by atoms with Gasteiger partial charge in [-0.1, -0.05) is 36.4 Å². The van der Waals surface area contributed by atoms with Gasteiger partial charge in [-0.3, -0.25) is 4.79 Å². The largest absolute Gasteiger partial charge is 0.490 e. The lowest BCUT2D eigenvalue weighted by molar-refractivity contribution is -0.129. The van der Waals surface area contributed by atoms with Crippen LogP contribution < -0.4 is 9.47 Å². The maximum Gasteiger partial charge on any atom is 0.387 e. The second kappa shape index (κ2) is 10.9. The van der Waals surface area contributed by atoms with E-state index in [1.807, 2.05) is 37.3 Å². The number of thioether (sulfide) groups is 1. The van der Waals surface area contributed by atoms with Gasteiger partial charge in [-0.2, -0.15) is 8.78 Å². The SMILES string of the molecule is CCOc1cc(CN(C)C(=O)C(C)SCc2ccccc2)ccc1OC(F)F. The van der Waals surface area contributed by atoms with Crippen molar-refractivity contribution in [3.05, 3.63) is 59.7 Å². The van der Waals surface area contributed by atoms with Crippen molar-refractivity contribution >= 4 is 17.7 Å². The number of hydrogen-bond donors (Lipinski definition) is 0. The van der Waals surface area contributed by atoms with E-state index in [1.54, 1.807) is 42.8 Å². The van der Waals surface area contributed by atoms with Gasteiger partial charge in [0.25, 0.3) is 0 Å². The molecule has 0 saturated carbocycles. The fourth-order valence-electron chi connectivity index (χ4n) is 2.64. The minimum atomic E-state index is -2.92. The van der Waals surface area contributed by atoms with Gasteiger partial charge in [0.15, 0.2) is 11.5 Å². The van der Waals surface area contributed by atoms with Gasteiger partial charge in [0, 0.05) is 19.3 Å². The molecule has 0 aliphatic carbocycles. The minimum absolute atomic E-state index is 0.00629. The van der Waals surface area contributed by atoms with Crippen LogP contribution in [0.4, 0.5) is 8.78 Å². The van der Waals surface area contributed by atoms with Crippen molar-refractivity contribution in [2.24, 2.45) is 0 Å². The molecule has 0 spiro atoms. The van der Waals surface area contributed by atoms with Gasteiger partial charge >= 0.3 is 6.61 Å². The molecule has 0 bridgehead atoms. The maximum atomic E-state index is 12.6. The summed E-state index contributed by atoms with van der Waals surface area (Å²) in [6.45, 7) is 1.41. The molecule has 0 saturated heterocycles. The Morgan fingerprint density at radius 1 is 1.11 bits per heavy atom. The highest BCUT2D eigenvalue weighted by Gasteiger charge is 2.19. The summed E-state index contributed by atoms with van der Waals surface area (Å²) >= 11 is 1.58. The molecule has 2 aromatic rings. The number of carbonyl (C=O) groups excluding carboxylic acids is 1. The van der Waals surface area contributed by atoms with Gasteiger partial charge in [0.2, 0.25) is 5.91 Å². The van der Waals surface area contributed by atoms with Crippen molar-refractivity contribution in [2.45, 2.75) is 38.0 Å². The predicted molar refractivity (Wildman–Crippen MR) is 108 cm³/mol. The second-order valence-electron chi connectivity index (χ2n) is 6.23. The van der Waals surface area contributed by atoms with Crippen molar-refractivity contribution in [1.82, 2.24) is 4.90 Å². The third-order valence-corrected chi connectivity index (χ3v) is 5.21. The van der Waals surface area contributed by atoms with Gasteiger partial charge in [0.1, 0.15) is 0 Å². The Hall–Kier alpha value is -2.28. The van der Waals surface area contributed by atoms with E-state index in [0.29, 0.717) is 13.2 Å². The summed E-state index contributed by atoms with van der Waals surface area (Å²) in [5, 5.41) is -0.196. The van der Waals surface area contributed by atoms with Gasteiger partial charge in [-0.15, -0.1) is 11.8 Å². The molecule has 28 heavy (non-hydrogen) atoms. The Labute approximate surface area is 168 Å². The van der Waals surface area contributed by atoms with E-state index in [4.69, 9.17) is 4.74 Å². The number of nitrogens with zero attached hydrogens (tertiary/aromatic N) is 1. The third kappa shape index (κ3) is 6.71. The fourth-order valence-corrected chi connectivity index (χ4v) is 3.60. The summed E-state index contributed by atoms with van der Waals surface area (Å²) in [6, 6.07) is 14.7.